The molecule has 1 fully saturated rings. The van der Waals surface area contributed by atoms with Crippen LogP contribution in [0, 0.1) is 0 Å². The topological polar surface area (TPSA) is 40.6 Å². The lowest BCUT2D eigenvalue weighted by Gasteiger charge is -2.25. The van der Waals surface area contributed by atoms with Gasteiger partial charge in [0.15, 0.2) is 6.29 Å². The fraction of sp³-hybridized carbons (Fsp3) is 0.353. The number of methoxy groups -OCH3 is 1. The Hall–Kier alpha value is -1.91. The second kappa shape index (κ2) is 5.13. The number of aryl methyl sites for hydroxylation is 1. The van der Waals surface area contributed by atoms with E-state index in [9.17, 15) is 0 Å². The lowest BCUT2D eigenvalue weighted by molar-refractivity contribution is -0.0692. The Labute approximate surface area is 123 Å². The van der Waals surface area contributed by atoms with E-state index in [0.29, 0.717) is 0 Å². The number of benzene rings is 1. The van der Waals surface area contributed by atoms with Crippen molar-refractivity contribution >= 4 is 0 Å². The molecule has 21 heavy (non-hydrogen) atoms. The third-order valence-electron chi connectivity index (χ3n) is 4.22. The summed E-state index contributed by atoms with van der Waals surface area (Å²) in [6.07, 6.45) is 5.34. The van der Waals surface area contributed by atoms with Gasteiger partial charge in [-0.3, -0.25) is 4.98 Å². The van der Waals surface area contributed by atoms with Gasteiger partial charge in [-0.15, -0.1) is 0 Å². The Bertz CT molecular complexity index is 644. The van der Waals surface area contributed by atoms with Gasteiger partial charge in [-0.25, -0.2) is 0 Å². The van der Waals surface area contributed by atoms with Gasteiger partial charge in [0.2, 0.25) is 0 Å². The summed E-state index contributed by atoms with van der Waals surface area (Å²) in [7, 11) is 1.70. The minimum absolute atomic E-state index is 0.00450. The van der Waals surface area contributed by atoms with Gasteiger partial charge in [0.05, 0.1) is 13.2 Å². The van der Waals surface area contributed by atoms with Gasteiger partial charge < -0.3 is 14.2 Å². The van der Waals surface area contributed by atoms with E-state index in [0.717, 1.165) is 24.2 Å². The minimum Gasteiger partial charge on any atom is -0.497 e. The summed E-state index contributed by atoms with van der Waals surface area (Å²) in [4.78, 5) is 4.14. The molecule has 1 aromatic heterocycles. The monoisotopic (exact) mass is 283 g/mol. The van der Waals surface area contributed by atoms with E-state index in [1.807, 2.05) is 18.2 Å². The van der Waals surface area contributed by atoms with Crippen molar-refractivity contribution in [2.75, 3.05) is 7.11 Å². The van der Waals surface area contributed by atoms with Crippen LogP contribution in [0.25, 0.3) is 0 Å². The molecule has 0 N–H and O–H groups in total. The average molecular weight is 283 g/mol. The number of pyridine rings is 1. The summed E-state index contributed by atoms with van der Waals surface area (Å²) in [5, 5.41) is 0. The number of rotatable bonds is 2. The second-order valence-electron chi connectivity index (χ2n) is 5.45. The molecule has 1 saturated heterocycles. The highest BCUT2D eigenvalue weighted by Crippen LogP contribution is 2.45. The summed E-state index contributed by atoms with van der Waals surface area (Å²) >= 11 is 0. The van der Waals surface area contributed by atoms with Crippen molar-refractivity contribution in [3.63, 3.8) is 0 Å². The van der Waals surface area contributed by atoms with Crippen LogP contribution < -0.4 is 4.74 Å². The number of hydrogen-bond donors (Lipinski definition) is 0. The SMILES string of the molecule is COc1ccc2c(c1)CC[C@H]1O[C@@H](c3cccnc3)O[C@H]21. The molecule has 0 spiro atoms. The Balaban J connectivity index is 1.63. The standard InChI is InChI=1S/C17H17NO3/c1-19-13-5-6-14-11(9-13)4-7-15-16(14)21-17(20-15)12-3-2-8-18-10-12/h2-3,5-6,8-10,15-17H,4,7H2,1H3/t15-,16-,17-/m1/s1. The normalized spacial score (nSPS) is 27.0. The van der Waals surface area contributed by atoms with Gasteiger partial charge in [-0.2, -0.15) is 0 Å². The lowest BCUT2D eigenvalue weighted by Crippen LogP contribution is -2.22. The van der Waals surface area contributed by atoms with Crippen LogP contribution in [0.15, 0.2) is 42.7 Å². The highest BCUT2D eigenvalue weighted by Gasteiger charge is 2.41. The number of fused-ring (bicyclic) bond motifs is 3. The molecule has 0 saturated carbocycles. The Kier molecular flexibility index (Phi) is 3.13. The molecule has 3 atom stereocenters. The average Bonchev–Trinajstić information content (AvgIpc) is 2.99. The summed E-state index contributed by atoms with van der Waals surface area (Å²) in [6, 6.07) is 10.1. The predicted octanol–water partition coefficient (Wildman–Crippen LogP) is 3.19. The van der Waals surface area contributed by atoms with Crippen LogP contribution in [0.5, 0.6) is 5.75 Å². The van der Waals surface area contributed by atoms with E-state index in [4.69, 9.17) is 14.2 Å². The van der Waals surface area contributed by atoms with Gasteiger partial charge >= 0.3 is 0 Å². The quantitative estimate of drug-likeness (QED) is 0.848. The zero-order valence-electron chi connectivity index (χ0n) is 11.9. The fourth-order valence-electron chi connectivity index (χ4n) is 3.15. The van der Waals surface area contributed by atoms with Crippen molar-refractivity contribution in [2.45, 2.75) is 31.3 Å². The molecule has 4 rings (SSSR count). The maximum Gasteiger partial charge on any atom is 0.186 e. The van der Waals surface area contributed by atoms with Crippen molar-refractivity contribution in [2.24, 2.45) is 0 Å². The summed E-state index contributed by atoms with van der Waals surface area (Å²) in [5.41, 5.74) is 3.49. The zero-order chi connectivity index (χ0) is 14.2. The van der Waals surface area contributed by atoms with Gasteiger partial charge in [0.1, 0.15) is 11.9 Å². The number of nitrogens with zero attached hydrogens (tertiary/aromatic N) is 1. The number of hydrogen-bond acceptors (Lipinski definition) is 4. The summed E-state index contributed by atoms with van der Waals surface area (Å²) < 4.78 is 17.5. The number of aromatic nitrogens is 1. The van der Waals surface area contributed by atoms with Crippen molar-refractivity contribution in [3.05, 3.63) is 59.4 Å². The van der Waals surface area contributed by atoms with Crippen molar-refractivity contribution < 1.29 is 14.2 Å². The molecule has 2 aliphatic rings. The van der Waals surface area contributed by atoms with Gasteiger partial charge in [-0.05, 0) is 42.2 Å². The Morgan fingerprint density at radius 2 is 2.19 bits per heavy atom. The first-order valence-corrected chi connectivity index (χ1v) is 7.23. The third kappa shape index (κ3) is 2.20. The van der Waals surface area contributed by atoms with Crippen molar-refractivity contribution in [1.82, 2.24) is 4.98 Å². The highest BCUT2D eigenvalue weighted by molar-refractivity contribution is 5.39. The molecule has 1 aliphatic heterocycles. The van der Waals surface area contributed by atoms with E-state index >= 15 is 0 Å². The van der Waals surface area contributed by atoms with Crippen molar-refractivity contribution in [1.29, 1.82) is 0 Å². The largest absolute Gasteiger partial charge is 0.497 e. The molecule has 1 aromatic carbocycles. The molecular weight excluding hydrogens is 266 g/mol. The summed E-state index contributed by atoms with van der Waals surface area (Å²) in [6.45, 7) is 0. The molecule has 4 nitrogen and oxygen atoms in total. The molecule has 108 valence electrons. The third-order valence-corrected chi connectivity index (χ3v) is 4.22. The first-order valence-electron chi connectivity index (χ1n) is 7.23. The molecule has 4 heteroatoms. The first-order chi connectivity index (χ1) is 10.3. The molecular formula is C17H17NO3. The van der Waals surface area contributed by atoms with E-state index in [1.54, 1.807) is 19.5 Å². The molecule has 0 radical (unpaired) electrons. The highest BCUT2D eigenvalue weighted by atomic mass is 16.7. The molecule has 2 heterocycles. The maximum atomic E-state index is 6.15. The van der Waals surface area contributed by atoms with Crippen molar-refractivity contribution in [3.8, 4) is 5.75 Å². The van der Waals surface area contributed by atoms with E-state index in [2.05, 4.69) is 17.1 Å². The predicted molar refractivity (Wildman–Crippen MR) is 77.0 cm³/mol. The van der Waals surface area contributed by atoms with Gasteiger partial charge in [-0.1, -0.05) is 12.1 Å². The van der Waals surface area contributed by atoms with Crippen LogP contribution in [0.1, 0.15) is 35.5 Å². The molecule has 0 amide bonds. The zero-order valence-corrected chi connectivity index (χ0v) is 11.9. The number of ether oxygens (including phenoxy) is 3. The van der Waals surface area contributed by atoms with Gasteiger partial charge in [0.25, 0.3) is 0 Å². The molecule has 0 bridgehead atoms. The van der Waals surface area contributed by atoms with Crippen LogP contribution in [-0.4, -0.2) is 18.2 Å². The van der Waals surface area contributed by atoms with E-state index in [-0.39, 0.29) is 18.5 Å². The molecule has 0 unspecified atom stereocenters. The Morgan fingerprint density at radius 3 is 3.00 bits per heavy atom. The van der Waals surface area contributed by atoms with E-state index in [1.165, 1.54) is 11.1 Å². The fourth-order valence-corrected chi connectivity index (χ4v) is 3.15. The smallest absolute Gasteiger partial charge is 0.186 e. The molecule has 2 aromatic rings. The Morgan fingerprint density at radius 1 is 1.24 bits per heavy atom. The first kappa shape index (κ1) is 12.8. The van der Waals surface area contributed by atoms with Gasteiger partial charge in [0, 0.05) is 18.0 Å². The van der Waals surface area contributed by atoms with E-state index < -0.39 is 0 Å². The summed E-state index contributed by atoms with van der Waals surface area (Å²) in [5.74, 6) is 0.898. The maximum absolute atomic E-state index is 6.15. The molecule has 1 aliphatic carbocycles. The van der Waals surface area contributed by atoms with Crippen LogP contribution in [0.2, 0.25) is 0 Å². The minimum atomic E-state index is -0.318. The van der Waals surface area contributed by atoms with Crippen LogP contribution in [0.3, 0.4) is 0 Å². The second-order valence-corrected chi connectivity index (χ2v) is 5.45. The van der Waals surface area contributed by atoms with Crippen LogP contribution >= 0.6 is 0 Å². The van der Waals surface area contributed by atoms with Crippen LogP contribution in [0.4, 0.5) is 0 Å². The van der Waals surface area contributed by atoms with Crippen LogP contribution in [-0.2, 0) is 15.9 Å². The lowest BCUT2D eigenvalue weighted by atomic mass is 9.87.